The number of ether oxygens (including phenoxy) is 1. The molecule has 0 spiro atoms. The monoisotopic (exact) mass is 427 g/mol. The van der Waals surface area contributed by atoms with Crippen LogP contribution in [0, 0.1) is 11.8 Å². The summed E-state index contributed by atoms with van der Waals surface area (Å²) in [6, 6.07) is 17.0. The Morgan fingerprint density at radius 2 is 1.83 bits per heavy atom. The molecule has 1 saturated carbocycles. The van der Waals surface area contributed by atoms with E-state index in [1.807, 2.05) is 6.07 Å². The molecule has 30 heavy (non-hydrogen) atoms. The number of hydrogen-bond donors (Lipinski definition) is 1. The van der Waals surface area contributed by atoms with Gasteiger partial charge in [-0.05, 0) is 91.6 Å². The lowest BCUT2D eigenvalue weighted by atomic mass is 9.72. The van der Waals surface area contributed by atoms with Crippen LogP contribution < -0.4 is 10.5 Å². The average molecular weight is 428 g/mol. The molecule has 0 unspecified atom stereocenters. The second-order valence-corrected chi connectivity index (χ2v) is 11.2. The highest BCUT2D eigenvalue weighted by Gasteiger charge is 2.29. The number of aryl methyl sites for hydroxylation is 1. The number of hydrogen-bond acceptors (Lipinski definition) is 4. The summed E-state index contributed by atoms with van der Waals surface area (Å²) in [4.78, 5) is 0. The van der Waals surface area contributed by atoms with Gasteiger partial charge in [0.1, 0.15) is 5.75 Å². The zero-order valence-electron chi connectivity index (χ0n) is 17.6. The summed E-state index contributed by atoms with van der Waals surface area (Å²) in [5, 5.41) is 0. The van der Waals surface area contributed by atoms with Crippen molar-refractivity contribution in [1.29, 1.82) is 0 Å². The van der Waals surface area contributed by atoms with Gasteiger partial charge in [0.2, 0.25) is 0 Å². The Bertz CT molecular complexity index is 938. The summed E-state index contributed by atoms with van der Waals surface area (Å²) in [6.45, 7) is 1.13. The van der Waals surface area contributed by atoms with Crippen molar-refractivity contribution in [3.8, 4) is 5.75 Å². The summed E-state index contributed by atoms with van der Waals surface area (Å²) in [6.07, 6.45) is 5.85. The summed E-state index contributed by atoms with van der Waals surface area (Å²) >= 11 is 0. The third kappa shape index (κ3) is 5.64. The molecule has 2 aromatic rings. The highest BCUT2D eigenvalue weighted by atomic mass is 32.2. The van der Waals surface area contributed by atoms with Crippen LogP contribution in [0.25, 0.3) is 0 Å². The Morgan fingerprint density at radius 1 is 1.03 bits per heavy atom. The molecule has 4 nitrogen and oxygen atoms in total. The Morgan fingerprint density at radius 3 is 2.57 bits per heavy atom. The van der Waals surface area contributed by atoms with Crippen LogP contribution in [0.5, 0.6) is 5.75 Å². The highest BCUT2D eigenvalue weighted by molar-refractivity contribution is 7.91. The first-order valence-corrected chi connectivity index (χ1v) is 13.1. The van der Waals surface area contributed by atoms with Gasteiger partial charge in [-0.1, -0.05) is 36.4 Å². The Balaban J connectivity index is 1.41. The second-order valence-electron chi connectivity index (χ2n) is 8.95. The molecule has 2 N–H and O–H groups in total. The Kier molecular flexibility index (Phi) is 6.79. The van der Waals surface area contributed by atoms with Crippen LogP contribution >= 0.6 is 0 Å². The molecular formula is C25H33NO3S. The van der Waals surface area contributed by atoms with Gasteiger partial charge in [-0.25, -0.2) is 8.42 Å². The first kappa shape index (κ1) is 21.4. The first-order valence-electron chi connectivity index (χ1n) is 11.2. The van der Waals surface area contributed by atoms with E-state index in [2.05, 4.69) is 42.5 Å². The number of benzene rings is 2. The van der Waals surface area contributed by atoms with Gasteiger partial charge >= 0.3 is 0 Å². The van der Waals surface area contributed by atoms with Gasteiger partial charge in [0.25, 0.3) is 0 Å². The first-order chi connectivity index (χ1) is 14.5. The number of nitrogens with two attached hydrogens (primary N) is 1. The molecule has 5 heteroatoms. The Hall–Kier alpha value is -1.85. The van der Waals surface area contributed by atoms with Crippen molar-refractivity contribution < 1.29 is 13.2 Å². The van der Waals surface area contributed by atoms with Gasteiger partial charge in [0.05, 0.1) is 18.1 Å². The van der Waals surface area contributed by atoms with Crippen LogP contribution in [0.2, 0.25) is 0 Å². The van der Waals surface area contributed by atoms with Gasteiger partial charge in [-0.15, -0.1) is 0 Å². The highest BCUT2D eigenvalue weighted by Crippen LogP contribution is 2.39. The van der Waals surface area contributed by atoms with Gasteiger partial charge in [0, 0.05) is 0 Å². The van der Waals surface area contributed by atoms with E-state index in [9.17, 15) is 8.42 Å². The van der Waals surface area contributed by atoms with Crippen LogP contribution in [-0.2, 0) is 22.7 Å². The normalized spacial score (nSPS) is 21.2. The fourth-order valence-corrected chi connectivity index (χ4v) is 6.43. The summed E-state index contributed by atoms with van der Waals surface area (Å²) in [5.74, 6) is 2.69. The lowest BCUT2D eigenvalue weighted by molar-refractivity contribution is 0.314. The minimum Gasteiger partial charge on any atom is -0.494 e. The zero-order valence-corrected chi connectivity index (χ0v) is 18.4. The standard InChI is InChI=1S/C25H33NO3S/c26-17-22-10-9-21-11-12-23(29-13-4-14-30(27,28)18-20-7-8-20)16-25(21)24(22)15-19-5-2-1-3-6-19/h1-3,5-6,11-12,16,20,22,24H,4,7-10,13-15,17-18,26H2/t22-,24+/m0/s1. The molecule has 2 aliphatic rings. The van der Waals surface area contributed by atoms with Crippen LogP contribution in [0.3, 0.4) is 0 Å². The van der Waals surface area contributed by atoms with E-state index in [0.717, 1.165) is 37.9 Å². The largest absolute Gasteiger partial charge is 0.494 e. The summed E-state index contributed by atoms with van der Waals surface area (Å²) < 4.78 is 30.2. The SMILES string of the molecule is NC[C@@H]1CCc2ccc(OCCCS(=O)(=O)CC3CC3)cc2[C@@H]1Cc1ccccc1. The van der Waals surface area contributed by atoms with Crippen molar-refractivity contribution in [3.63, 3.8) is 0 Å². The minimum atomic E-state index is -2.94. The molecule has 0 aromatic heterocycles. The van der Waals surface area contributed by atoms with Crippen molar-refractivity contribution in [1.82, 2.24) is 0 Å². The average Bonchev–Trinajstić information content (AvgIpc) is 3.55. The fraction of sp³-hybridized carbons (Fsp3) is 0.520. The van der Waals surface area contributed by atoms with E-state index in [4.69, 9.17) is 10.5 Å². The number of fused-ring (bicyclic) bond motifs is 1. The van der Waals surface area contributed by atoms with Crippen LogP contribution in [0.1, 0.15) is 48.3 Å². The van der Waals surface area contributed by atoms with Crippen molar-refractivity contribution >= 4 is 9.84 Å². The van der Waals surface area contributed by atoms with Gasteiger partial charge < -0.3 is 10.5 Å². The van der Waals surface area contributed by atoms with Gasteiger partial charge in [-0.2, -0.15) is 0 Å². The topological polar surface area (TPSA) is 69.4 Å². The Labute approximate surface area is 180 Å². The van der Waals surface area contributed by atoms with Gasteiger partial charge in [-0.3, -0.25) is 0 Å². The molecule has 2 atom stereocenters. The predicted molar refractivity (Wildman–Crippen MR) is 122 cm³/mol. The van der Waals surface area contributed by atoms with E-state index >= 15 is 0 Å². The van der Waals surface area contributed by atoms with E-state index in [1.165, 1.54) is 16.7 Å². The lowest BCUT2D eigenvalue weighted by Crippen LogP contribution is -2.28. The molecule has 0 aliphatic heterocycles. The maximum atomic E-state index is 12.1. The molecule has 0 amide bonds. The smallest absolute Gasteiger partial charge is 0.150 e. The number of sulfone groups is 1. The third-order valence-electron chi connectivity index (χ3n) is 6.53. The zero-order chi connectivity index (χ0) is 21.0. The van der Waals surface area contributed by atoms with E-state index in [0.29, 0.717) is 43.1 Å². The summed E-state index contributed by atoms with van der Waals surface area (Å²) in [5.41, 5.74) is 10.2. The molecule has 0 saturated heterocycles. The molecule has 4 rings (SSSR count). The van der Waals surface area contributed by atoms with Crippen molar-refractivity contribution in [3.05, 3.63) is 65.2 Å². The summed E-state index contributed by atoms with van der Waals surface area (Å²) in [7, 11) is -2.94. The molecule has 162 valence electrons. The van der Waals surface area contributed by atoms with Crippen molar-refractivity contribution in [2.45, 2.75) is 44.4 Å². The van der Waals surface area contributed by atoms with E-state index < -0.39 is 9.84 Å². The minimum absolute atomic E-state index is 0.223. The molecule has 0 radical (unpaired) electrons. The molecule has 2 aliphatic carbocycles. The fourth-order valence-electron chi connectivity index (χ4n) is 4.65. The molecule has 1 fully saturated rings. The van der Waals surface area contributed by atoms with Crippen molar-refractivity contribution in [2.75, 3.05) is 24.7 Å². The van der Waals surface area contributed by atoms with Crippen LogP contribution in [0.4, 0.5) is 0 Å². The molecular weight excluding hydrogens is 394 g/mol. The van der Waals surface area contributed by atoms with Crippen LogP contribution in [0.15, 0.2) is 48.5 Å². The lowest BCUT2D eigenvalue weighted by Gasteiger charge is -2.33. The predicted octanol–water partition coefficient (Wildman–Crippen LogP) is 4.13. The molecule has 2 aromatic carbocycles. The third-order valence-corrected chi connectivity index (χ3v) is 8.42. The van der Waals surface area contributed by atoms with E-state index in [-0.39, 0.29) is 5.75 Å². The maximum absolute atomic E-state index is 12.1. The molecule has 0 bridgehead atoms. The van der Waals surface area contributed by atoms with Crippen LogP contribution in [-0.4, -0.2) is 33.1 Å². The van der Waals surface area contributed by atoms with Crippen molar-refractivity contribution in [2.24, 2.45) is 17.6 Å². The van der Waals surface area contributed by atoms with Gasteiger partial charge in [0.15, 0.2) is 9.84 Å². The second kappa shape index (κ2) is 9.52. The quantitative estimate of drug-likeness (QED) is 0.579. The maximum Gasteiger partial charge on any atom is 0.150 e. The van der Waals surface area contributed by atoms with E-state index in [1.54, 1.807) is 0 Å². The number of rotatable bonds is 10. The molecule has 0 heterocycles.